The molecule has 1 aliphatic heterocycles. The predicted octanol–water partition coefficient (Wildman–Crippen LogP) is 7.49. The van der Waals surface area contributed by atoms with Gasteiger partial charge in [0.25, 0.3) is 0 Å². The van der Waals surface area contributed by atoms with E-state index in [0.717, 1.165) is 40.7 Å². The Hall–Kier alpha value is -2.49. The number of hydrogen-bond donors (Lipinski definition) is 2. The van der Waals surface area contributed by atoms with Crippen LogP contribution in [0.3, 0.4) is 0 Å². The van der Waals surface area contributed by atoms with Crippen LogP contribution in [0.5, 0.6) is 0 Å². The van der Waals surface area contributed by atoms with Crippen molar-refractivity contribution in [2.75, 3.05) is 6.61 Å². The van der Waals surface area contributed by atoms with Crippen molar-refractivity contribution in [2.45, 2.75) is 85.0 Å². The number of nitrogens with zero attached hydrogens (tertiary/aromatic N) is 1. The van der Waals surface area contributed by atoms with Crippen LogP contribution in [-0.2, 0) is 11.2 Å². The SMILES string of the molecule is CCCCCCCCCCCc1ccc(C=C2N=C(c3ccc(C)[nH]3)C=C2OCC)[nH]1. The third-order valence-electron chi connectivity index (χ3n) is 5.78. The molecule has 2 aromatic rings. The largest absolute Gasteiger partial charge is 0.492 e. The highest BCUT2D eigenvalue weighted by Crippen LogP contribution is 2.25. The molecule has 3 heterocycles. The van der Waals surface area contributed by atoms with E-state index in [1.807, 2.05) is 13.0 Å². The quantitative estimate of drug-likeness (QED) is 0.305. The smallest absolute Gasteiger partial charge is 0.147 e. The molecule has 0 aromatic carbocycles. The average Bonchev–Trinajstić information content (AvgIpc) is 3.48. The fraction of sp³-hybridized carbons (Fsp3) is 0.519. The zero-order valence-corrected chi connectivity index (χ0v) is 19.6. The number of rotatable bonds is 14. The van der Waals surface area contributed by atoms with E-state index in [1.54, 1.807) is 0 Å². The molecule has 0 atom stereocenters. The van der Waals surface area contributed by atoms with Crippen LogP contribution in [0.4, 0.5) is 0 Å². The summed E-state index contributed by atoms with van der Waals surface area (Å²) in [5, 5.41) is 0. The number of nitrogens with one attached hydrogen (secondary N) is 2. The fourth-order valence-electron chi connectivity index (χ4n) is 4.04. The molecule has 0 aliphatic carbocycles. The summed E-state index contributed by atoms with van der Waals surface area (Å²) in [6, 6.07) is 8.48. The van der Waals surface area contributed by atoms with Crippen LogP contribution in [0, 0.1) is 6.92 Å². The Bertz CT molecular complexity index is 897. The summed E-state index contributed by atoms with van der Waals surface area (Å²) < 4.78 is 5.84. The van der Waals surface area contributed by atoms with Crippen LogP contribution in [0.15, 0.2) is 46.8 Å². The number of ether oxygens (including phenoxy) is 1. The average molecular weight is 422 g/mol. The first-order valence-electron chi connectivity index (χ1n) is 12.2. The molecule has 1 aliphatic rings. The summed E-state index contributed by atoms with van der Waals surface area (Å²) >= 11 is 0. The summed E-state index contributed by atoms with van der Waals surface area (Å²) in [6.07, 6.45) is 17.5. The maximum absolute atomic E-state index is 5.84. The topological polar surface area (TPSA) is 53.2 Å². The minimum absolute atomic E-state index is 0.629. The van der Waals surface area contributed by atoms with Crippen molar-refractivity contribution in [2.24, 2.45) is 4.99 Å². The van der Waals surface area contributed by atoms with Gasteiger partial charge in [0.05, 0.1) is 18.0 Å². The molecule has 31 heavy (non-hydrogen) atoms. The Morgan fingerprint density at radius 1 is 0.871 bits per heavy atom. The molecule has 0 spiro atoms. The van der Waals surface area contributed by atoms with Gasteiger partial charge < -0.3 is 14.7 Å². The number of aryl methyl sites for hydroxylation is 2. The predicted molar refractivity (Wildman–Crippen MR) is 131 cm³/mol. The second-order valence-electron chi connectivity index (χ2n) is 8.54. The molecular formula is C27H39N3O. The van der Waals surface area contributed by atoms with E-state index in [2.05, 4.69) is 54.2 Å². The summed E-state index contributed by atoms with van der Waals surface area (Å²) in [7, 11) is 0. The molecular weight excluding hydrogens is 382 g/mol. The second kappa shape index (κ2) is 12.4. The normalized spacial score (nSPS) is 14.9. The number of aliphatic imine (C=N–C) groups is 1. The second-order valence-corrected chi connectivity index (χ2v) is 8.54. The highest BCUT2D eigenvalue weighted by atomic mass is 16.5. The third-order valence-corrected chi connectivity index (χ3v) is 5.78. The standard InChI is InChI=1S/C27H39N3O/c1-4-6-7-8-9-10-11-12-13-14-22-16-17-23(29-22)19-26-27(31-5-2)20-25(30-26)24-18-15-21(3)28-24/h15-20,28-29H,4-14H2,1-3H3. The van der Waals surface area contributed by atoms with E-state index in [9.17, 15) is 0 Å². The van der Waals surface area contributed by atoms with E-state index in [1.165, 1.54) is 63.5 Å². The molecule has 2 aromatic heterocycles. The zero-order chi connectivity index (χ0) is 21.9. The summed E-state index contributed by atoms with van der Waals surface area (Å²) in [4.78, 5) is 11.7. The monoisotopic (exact) mass is 421 g/mol. The third kappa shape index (κ3) is 7.30. The van der Waals surface area contributed by atoms with Gasteiger partial charge in [0.15, 0.2) is 0 Å². The minimum atomic E-state index is 0.629. The van der Waals surface area contributed by atoms with E-state index >= 15 is 0 Å². The van der Waals surface area contributed by atoms with Crippen LogP contribution in [-0.4, -0.2) is 22.3 Å². The highest BCUT2D eigenvalue weighted by molar-refractivity contribution is 6.11. The Morgan fingerprint density at radius 2 is 1.61 bits per heavy atom. The van der Waals surface area contributed by atoms with E-state index in [4.69, 9.17) is 9.73 Å². The van der Waals surface area contributed by atoms with Gasteiger partial charge in [0.2, 0.25) is 0 Å². The molecule has 4 nitrogen and oxygen atoms in total. The van der Waals surface area contributed by atoms with Crippen molar-refractivity contribution in [1.29, 1.82) is 0 Å². The number of hydrogen-bond acceptors (Lipinski definition) is 2. The molecule has 0 saturated carbocycles. The fourth-order valence-corrected chi connectivity index (χ4v) is 4.04. The molecule has 0 saturated heterocycles. The van der Waals surface area contributed by atoms with Crippen molar-refractivity contribution in [1.82, 2.24) is 9.97 Å². The summed E-state index contributed by atoms with van der Waals surface area (Å²) in [5.74, 6) is 0.833. The maximum Gasteiger partial charge on any atom is 0.147 e. The van der Waals surface area contributed by atoms with Crippen LogP contribution >= 0.6 is 0 Å². The molecule has 0 radical (unpaired) electrons. The van der Waals surface area contributed by atoms with Gasteiger partial charge in [-0.1, -0.05) is 58.3 Å². The lowest BCUT2D eigenvalue weighted by Gasteiger charge is -2.04. The Balaban J connectivity index is 1.49. The molecule has 2 N–H and O–H groups in total. The van der Waals surface area contributed by atoms with Crippen molar-refractivity contribution < 1.29 is 4.74 Å². The van der Waals surface area contributed by atoms with Crippen LogP contribution in [0.2, 0.25) is 0 Å². The molecule has 0 fully saturated rings. The number of aromatic nitrogens is 2. The highest BCUT2D eigenvalue weighted by Gasteiger charge is 2.18. The lowest BCUT2D eigenvalue weighted by Crippen LogP contribution is -1.94. The van der Waals surface area contributed by atoms with Gasteiger partial charge in [0.1, 0.15) is 11.5 Å². The van der Waals surface area contributed by atoms with Gasteiger partial charge >= 0.3 is 0 Å². The van der Waals surface area contributed by atoms with Gasteiger partial charge in [-0.3, -0.25) is 0 Å². The van der Waals surface area contributed by atoms with Gasteiger partial charge in [0, 0.05) is 23.2 Å². The summed E-state index contributed by atoms with van der Waals surface area (Å²) in [6.45, 7) is 6.97. The lowest BCUT2D eigenvalue weighted by atomic mass is 10.1. The molecule has 168 valence electrons. The summed E-state index contributed by atoms with van der Waals surface area (Å²) in [5.41, 5.74) is 6.34. The van der Waals surface area contributed by atoms with Crippen LogP contribution in [0.1, 0.15) is 94.4 Å². The van der Waals surface area contributed by atoms with Gasteiger partial charge in [-0.05, 0) is 57.0 Å². The molecule has 4 heteroatoms. The number of aromatic amines is 2. The molecule has 0 unspecified atom stereocenters. The minimum Gasteiger partial charge on any atom is -0.492 e. The van der Waals surface area contributed by atoms with Crippen molar-refractivity contribution in [3.8, 4) is 0 Å². The van der Waals surface area contributed by atoms with Crippen molar-refractivity contribution in [3.63, 3.8) is 0 Å². The zero-order valence-electron chi connectivity index (χ0n) is 19.6. The Kier molecular flexibility index (Phi) is 9.26. The molecule has 0 bridgehead atoms. The lowest BCUT2D eigenvalue weighted by molar-refractivity contribution is 0.239. The van der Waals surface area contributed by atoms with Crippen molar-refractivity contribution >= 4 is 11.8 Å². The Morgan fingerprint density at radius 3 is 2.29 bits per heavy atom. The number of unbranched alkanes of at least 4 members (excludes halogenated alkanes) is 8. The van der Waals surface area contributed by atoms with Gasteiger partial charge in [-0.25, -0.2) is 4.99 Å². The van der Waals surface area contributed by atoms with Gasteiger partial charge in [-0.2, -0.15) is 0 Å². The van der Waals surface area contributed by atoms with Crippen molar-refractivity contribution in [3.05, 3.63) is 64.6 Å². The van der Waals surface area contributed by atoms with E-state index in [0.29, 0.717) is 6.61 Å². The van der Waals surface area contributed by atoms with Gasteiger partial charge in [-0.15, -0.1) is 0 Å². The molecule has 0 amide bonds. The number of H-pyrrole nitrogens is 2. The first-order chi connectivity index (χ1) is 15.2. The van der Waals surface area contributed by atoms with E-state index < -0.39 is 0 Å². The first-order valence-corrected chi connectivity index (χ1v) is 12.2. The maximum atomic E-state index is 5.84. The number of allylic oxidation sites excluding steroid dienone is 1. The molecule has 3 rings (SSSR count). The van der Waals surface area contributed by atoms with Crippen LogP contribution < -0.4 is 0 Å². The van der Waals surface area contributed by atoms with E-state index in [-0.39, 0.29) is 0 Å². The Labute approximate surface area is 187 Å². The van der Waals surface area contributed by atoms with Crippen LogP contribution in [0.25, 0.3) is 6.08 Å². The first kappa shape index (κ1) is 23.2.